The Morgan fingerprint density at radius 3 is 2.86 bits per heavy atom. The van der Waals surface area contributed by atoms with Gasteiger partial charge in [0.25, 0.3) is 5.91 Å². The molecule has 0 unspecified atom stereocenters. The van der Waals surface area contributed by atoms with Crippen LogP contribution in [0.15, 0.2) is 55.2 Å². The molecule has 1 saturated heterocycles. The van der Waals surface area contributed by atoms with Gasteiger partial charge in [-0.1, -0.05) is 18.2 Å². The van der Waals surface area contributed by atoms with Gasteiger partial charge in [-0.25, -0.2) is 9.97 Å². The highest BCUT2D eigenvalue weighted by Crippen LogP contribution is 2.28. The summed E-state index contributed by atoms with van der Waals surface area (Å²) in [5.74, 6) is 1.24. The molecule has 1 amide bonds. The van der Waals surface area contributed by atoms with Crippen LogP contribution in [0.5, 0.6) is 11.6 Å². The minimum atomic E-state index is -0.0990. The SMILES string of the molecule is Cc1ccccc1Oc1cncc([C@@H]2CCCN(C(=O)c3cnccn3)C2)n1. The van der Waals surface area contributed by atoms with Crippen LogP contribution in [0.3, 0.4) is 0 Å². The van der Waals surface area contributed by atoms with Gasteiger partial charge >= 0.3 is 0 Å². The molecule has 1 atom stereocenters. The molecule has 142 valence electrons. The lowest BCUT2D eigenvalue weighted by molar-refractivity contribution is 0.0699. The van der Waals surface area contributed by atoms with Gasteiger partial charge in [0, 0.05) is 37.6 Å². The minimum Gasteiger partial charge on any atom is -0.437 e. The Labute approximate surface area is 163 Å². The van der Waals surface area contributed by atoms with Gasteiger partial charge in [-0.05, 0) is 31.4 Å². The van der Waals surface area contributed by atoms with E-state index in [2.05, 4.69) is 19.9 Å². The number of ether oxygens (including phenoxy) is 1. The first kappa shape index (κ1) is 18.0. The summed E-state index contributed by atoms with van der Waals surface area (Å²) in [4.78, 5) is 31.6. The number of benzene rings is 1. The Kier molecular flexibility index (Phi) is 5.23. The van der Waals surface area contributed by atoms with Crippen LogP contribution in [-0.4, -0.2) is 43.8 Å². The quantitative estimate of drug-likeness (QED) is 0.695. The smallest absolute Gasteiger partial charge is 0.274 e. The Balaban J connectivity index is 1.49. The maximum Gasteiger partial charge on any atom is 0.274 e. The zero-order chi connectivity index (χ0) is 19.3. The number of amides is 1. The second kappa shape index (κ2) is 8.12. The number of rotatable bonds is 4. The first-order valence-electron chi connectivity index (χ1n) is 9.31. The molecule has 3 aromatic rings. The predicted molar refractivity (Wildman–Crippen MR) is 103 cm³/mol. The molecule has 0 N–H and O–H groups in total. The molecule has 2 aromatic heterocycles. The fourth-order valence-corrected chi connectivity index (χ4v) is 3.37. The van der Waals surface area contributed by atoms with E-state index in [4.69, 9.17) is 4.74 Å². The normalized spacial score (nSPS) is 16.6. The molecule has 0 aliphatic carbocycles. The number of carbonyl (C=O) groups is 1. The summed E-state index contributed by atoms with van der Waals surface area (Å²) in [6.45, 7) is 3.28. The molecule has 0 bridgehead atoms. The number of aromatic nitrogens is 4. The lowest BCUT2D eigenvalue weighted by atomic mass is 9.95. The van der Waals surface area contributed by atoms with E-state index >= 15 is 0 Å². The van der Waals surface area contributed by atoms with Crippen molar-refractivity contribution in [2.75, 3.05) is 13.1 Å². The fourth-order valence-electron chi connectivity index (χ4n) is 3.37. The Hall–Kier alpha value is -3.35. The average molecular weight is 375 g/mol. The van der Waals surface area contributed by atoms with Crippen LogP contribution in [-0.2, 0) is 0 Å². The van der Waals surface area contributed by atoms with E-state index in [1.54, 1.807) is 18.6 Å². The molecule has 1 aliphatic heterocycles. The van der Waals surface area contributed by atoms with E-state index in [0.29, 0.717) is 24.7 Å². The number of nitrogens with zero attached hydrogens (tertiary/aromatic N) is 5. The molecule has 0 radical (unpaired) electrons. The maximum absolute atomic E-state index is 12.7. The van der Waals surface area contributed by atoms with Crippen molar-refractivity contribution in [2.45, 2.75) is 25.7 Å². The summed E-state index contributed by atoms with van der Waals surface area (Å²) in [7, 11) is 0. The molecule has 4 rings (SSSR count). The van der Waals surface area contributed by atoms with E-state index in [0.717, 1.165) is 29.8 Å². The molecule has 7 heteroatoms. The Morgan fingerprint density at radius 1 is 1.14 bits per heavy atom. The zero-order valence-corrected chi connectivity index (χ0v) is 15.7. The third-order valence-corrected chi connectivity index (χ3v) is 4.85. The van der Waals surface area contributed by atoms with E-state index < -0.39 is 0 Å². The van der Waals surface area contributed by atoms with Gasteiger partial charge in [0.1, 0.15) is 11.4 Å². The van der Waals surface area contributed by atoms with E-state index in [-0.39, 0.29) is 11.8 Å². The lowest BCUT2D eigenvalue weighted by Gasteiger charge is -2.32. The fraction of sp³-hybridized carbons (Fsp3) is 0.286. The van der Waals surface area contributed by atoms with Gasteiger partial charge in [-0.3, -0.25) is 14.8 Å². The highest BCUT2D eigenvalue weighted by Gasteiger charge is 2.27. The maximum atomic E-state index is 12.7. The van der Waals surface area contributed by atoms with Crippen molar-refractivity contribution in [1.29, 1.82) is 0 Å². The molecule has 7 nitrogen and oxygen atoms in total. The van der Waals surface area contributed by atoms with E-state index in [1.807, 2.05) is 36.1 Å². The van der Waals surface area contributed by atoms with Crippen LogP contribution in [0.1, 0.15) is 40.5 Å². The van der Waals surface area contributed by atoms with Gasteiger partial charge in [0.05, 0.1) is 18.1 Å². The molecule has 1 aliphatic rings. The van der Waals surface area contributed by atoms with Gasteiger partial charge in [-0.2, -0.15) is 0 Å². The summed E-state index contributed by atoms with van der Waals surface area (Å²) >= 11 is 0. The lowest BCUT2D eigenvalue weighted by Crippen LogP contribution is -2.39. The number of para-hydroxylation sites is 1. The molecule has 0 spiro atoms. The number of hydrogen-bond donors (Lipinski definition) is 0. The van der Waals surface area contributed by atoms with Crippen LogP contribution in [0.25, 0.3) is 0 Å². The molecule has 3 heterocycles. The molecule has 1 fully saturated rings. The van der Waals surface area contributed by atoms with Crippen LogP contribution >= 0.6 is 0 Å². The highest BCUT2D eigenvalue weighted by molar-refractivity contribution is 5.92. The Morgan fingerprint density at radius 2 is 2.04 bits per heavy atom. The standard InChI is InChI=1S/C21H21N5O2/c1-15-5-2-3-7-19(15)28-20-13-23-11-17(25-20)16-6-4-10-26(14-16)21(27)18-12-22-8-9-24-18/h2-3,5,7-9,11-13,16H,4,6,10,14H2,1H3/t16-/m1/s1. The van der Waals surface area contributed by atoms with E-state index in [9.17, 15) is 4.79 Å². The highest BCUT2D eigenvalue weighted by atomic mass is 16.5. The number of likely N-dealkylation sites (tertiary alicyclic amines) is 1. The van der Waals surface area contributed by atoms with E-state index in [1.165, 1.54) is 12.4 Å². The van der Waals surface area contributed by atoms with Crippen LogP contribution in [0.2, 0.25) is 0 Å². The third-order valence-electron chi connectivity index (χ3n) is 4.85. The average Bonchev–Trinajstić information content (AvgIpc) is 2.76. The third kappa shape index (κ3) is 3.98. The summed E-state index contributed by atoms with van der Waals surface area (Å²) < 4.78 is 5.91. The Bertz CT molecular complexity index is 964. The van der Waals surface area contributed by atoms with Gasteiger partial charge in [-0.15, -0.1) is 0 Å². The molecular formula is C21H21N5O2. The zero-order valence-electron chi connectivity index (χ0n) is 15.7. The molecule has 1 aromatic carbocycles. The van der Waals surface area contributed by atoms with Crippen LogP contribution in [0, 0.1) is 6.92 Å². The summed E-state index contributed by atoms with van der Waals surface area (Å²) in [6.07, 6.45) is 9.82. The van der Waals surface area contributed by atoms with Crippen molar-refractivity contribution in [2.24, 2.45) is 0 Å². The van der Waals surface area contributed by atoms with Crippen molar-refractivity contribution >= 4 is 5.91 Å². The molecule has 28 heavy (non-hydrogen) atoms. The first-order valence-corrected chi connectivity index (χ1v) is 9.31. The monoisotopic (exact) mass is 375 g/mol. The molecular weight excluding hydrogens is 354 g/mol. The van der Waals surface area contributed by atoms with Gasteiger partial charge in [0.15, 0.2) is 0 Å². The second-order valence-electron chi connectivity index (χ2n) is 6.83. The minimum absolute atomic E-state index is 0.0990. The van der Waals surface area contributed by atoms with Crippen molar-refractivity contribution in [3.8, 4) is 11.6 Å². The van der Waals surface area contributed by atoms with Crippen molar-refractivity contribution in [1.82, 2.24) is 24.8 Å². The number of carbonyl (C=O) groups excluding carboxylic acids is 1. The second-order valence-corrected chi connectivity index (χ2v) is 6.83. The van der Waals surface area contributed by atoms with Crippen LogP contribution < -0.4 is 4.74 Å². The van der Waals surface area contributed by atoms with Crippen molar-refractivity contribution in [3.05, 3.63) is 72.2 Å². The van der Waals surface area contributed by atoms with Crippen molar-refractivity contribution in [3.63, 3.8) is 0 Å². The predicted octanol–water partition coefficient (Wildman–Crippen LogP) is 3.39. The number of piperidine rings is 1. The first-order chi connectivity index (χ1) is 13.7. The van der Waals surface area contributed by atoms with Crippen LogP contribution in [0.4, 0.5) is 0 Å². The van der Waals surface area contributed by atoms with Gasteiger partial charge < -0.3 is 9.64 Å². The number of hydrogen-bond acceptors (Lipinski definition) is 6. The molecule has 0 saturated carbocycles. The van der Waals surface area contributed by atoms with Crippen molar-refractivity contribution < 1.29 is 9.53 Å². The summed E-state index contributed by atoms with van der Waals surface area (Å²) in [5, 5.41) is 0. The topological polar surface area (TPSA) is 81.1 Å². The van der Waals surface area contributed by atoms with Gasteiger partial charge in [0.2, 0.25) is 5.88 Å². The largest absolute Gasteiger partial charge is 0.437 e. The summed E-state index contributed by atoms with van der Waals surface area (Å²) in [5.41, 5.74) is 2.24. The summed E-state index contributed by atoms with van der Waals surface area (Å²) in [6, 6.07) is 7.79. The number of aryl methyl sites for hydroxylation is 1.